The summed E-state index contributed by atoms with van der Waals surface area (Å²) in [6, 6.07) is 3.57. The number of hydrogen-bond acceptors (Lipinski definition) is 3. The van der Waals surface area contributed by atoms with E-state index in [9.17, 15) is 8.42 Å². The van der Waals surface area contributed by atoms with E-state index >= 15 is 0 Å². The van der Waals surface area contributed by atoms with Crippen LogP contribution in [0.25, 0.3) is 0 Å². The third kappa shape index (κ3) is 2.14. The second-order valence-electron chi connectivity index (χ2n) is 4.37. The fraction of sp³-hybridized carbons (Fsp3) is 0.455. The van der Waals surface area contributed by atoms with Crippen LogP contribution in [0.2, 0.25) is 0 Å². The van der Waals surface area contributed by atoms with Crippen LogP contribution in [-0.4, -0.2) is 13.7 Å². The predicted octanol–water partition coefficient (Wildman–Crippen LogP) is 1.79. The number of benzene rings is 1. The number of aryl methyl sites for hydroxylation is 2. The molecule has 0 aromatic heterocycles. The highest BCUT2D eigenvalue weighted by Crippen LogP contribution is 2.31. The maximum atomic E-state index is 11.8. The van der Waals surface area contributed by atoms with Gasteiger partial charge >= 0.3 is 0 Å². The molecule has 0 atom stereocenters. The first-order valence-electron chi connectivity index (χ1n) is 5.28. The van der Waals surface area contributed by atoms with E-state index in [0.717, 1.165) is 24.0 Å². The van der Waals surface area contributed by atoms with Crippen LogP contribution in [0.4, 0.5) is 11.4 Å². The Morgan fingerprint density at radius 3 is 2.44 bits per heavy atom. The summed E-state index contributed by atoms with van der Waals surface area (Å²) in [5.74, 6) is 0. The van der Waals surface area contributed by atoms with Crippen LogP contribution in [0.5, 0.6) is 0 Å². The van der Waals surface area contributed by atoms with Gasteiger partial charge in [-0.25, -0.2) is 8.42 Å². The summed E-state index contributed by atoms with van der Waals surface area (Å²) < 4.78 is 26.1. The Kier molecular flexibility index (Phi) is 2.58. The Bertz CT molecular complexity index is 519. The molecule has 4 nitrogen and oxygen atoms in total. The van der Waals surface area contributed by atoms with E-state index in [4.69, 9.17) is 5.73 Å². The third-order valence-electron chi connectivity index (χ3n) is 2.83. The second-order valence-corrected chi connectivity index (χ2v) is 6.33. The Labute approximate surface area is 95.9 Å². The minimum absolute atomic E-state index is 0.213. The number of hydrogen-bond donors (Lipinski definition) is 2. The molecule has 1 fully saturated rings. The van der Waals surface area contributed by atoms with Gasteiger partial charge in [0.25, 0.3) is 0 Å². The Balaban J connectivity index is 2.31. The molecule has 1 aliphatic carbocycles. The summed E-state index contributed by atoms with van der Waals surface area (Å²) in [4.78, 5) is 0. The van der Waals surface area contributed by atoms with Gasteiger partial charge in [0.2, 0.25) is 10.0 Å². The topological polar surface area (TPSA) is 72.2 Å². The zero-order valence-corrected chi connectivity index (χ0v) is 10.3. The first kappa shape index (κ1) is 11.3. The van der Waals surface area contributed by atoms with Gasteiger partial charge in [0.05, 0.1) is 10.9 Å². The van der Waals surface area contributed by atoms with Gasteiger partial charge in [0.1, 0.15) is 0 Å². The minimum Gasteiger partial charge on any atom is -0.398 e. The van der Waals surface area contributed by atoms with Crippen molar-refractivity contribution in [3.63, 3.8) is 0 Å². The van der Waals surface area contributed by atoms with Gasteiger partial charge in [0.15, 0.2) is 0 Å². The lowest BCUT2D eigenvalue weighted by Gasteiger charge is -2.12. The molecular formula is C11H16N2O2S. The number of nitrogens with two attached hydrogens (primary N) is 1. The molecule has 0 bridgehead atoms. The highest BCUT2D eigenvalue weighted by molar-refractivity contribution is 7.93. The van der Waals surface area contributed by atoms with E-state index in [1.165, 1.54) is 0 Å². The molecule has 0 amide bonds. The lowest BCUT2D eigenvalue weighted by atomic mass is 10.1. The van der Waals surface area contributed by atoms with Crippen molar-refractivity contribution in [3.8, 4) is 0 Å². The lowest BCUT2D eigenvalue weighted by Crippen LogP contribution is -2.18. The van der Waals surface area contributed by atoms with Gasteiger partial charge in [-0.05, 0) is 43.9 Å². The largest absolute Gasteiger partial charge is 0.398 e. The summed E-state index contributed by atoms with van der Waals surface area (Å²) >= 11 is 0. The van der Waals surface area contributed by atoms with Gasteiger partial charge in [-0.15, -0.1) is 0 Å². The summed E-state index contributed by atoms with van der Waals surface area (Å²) in [5.41, 5.74) is 8.83. The quantitative estimate of drug-likeness (QED) is 0.791. The average Bonchev–Trinajstić information content (AvgIpc) is 2.96. The molecular weight excluding hydrogens is 224 g/mol. The Morgan fingerprint density at radius 1 is 1.25 bits per heavy atom. The van der Waals surface area contributed by atoms with Gasteiger partial charge in [-0.2, -0.15) is 0 Å². The smallest absolute Gasteiger partial charge is 0.235 e. The highest BCUT2D eigenvalue weighted by Gasteiger charge is 2.35. The molecule has 0 spiro atoms. The van der Waals surface area contributed by atoms with Crippen molar-refractivity contribution < 1.29 is 8.42 Å². The summed E-state index contributed by atoms with van der Waals surface area (Å²) in [6.07, 6.45) is 1.52. The number of anilines is 2. The van der Waals surface area contributed by atoms with E-state index in [1.807, 2.05) is 19.9 Å². The zero-order chi connectivity index (χ0) is 11.9. The van der Waals surface area contributed by atoms with Crippen LogP contribution in [0.3, 0.4) is 0 Å². The lowest BCUT2D eigenvalue weighted by molar-refractivity contribution is 0.600. The molecule has 0 unspecified atom stereocenters. The molecule has 16 heavy (non-hydrogen) atoms. The van der Waals surface area contributed by atoms with Gasteiger partial charge < -0.3 is 5.73 Å². The van der Waals surface area contributed by atoms with Crippen molar-refractivity contribution >= 4 is 21.4 Å². The molecule has 5 heteroatoms. The number of nitrogen functional groups attached to an aromatic ring is 1. The first-order valence-corrected chi connectivity index (χ1v) is 6.83. The van der Waals surface area contributed by atoms with Crippen LogP contribution in [0.15, 0.2) is 12.1 Å². The fourth-order valence-corrected chi connectivity index (χ4v) is 3.04. The molecule has 1 aromatic carbocycles. The van der Waals surface area contributed by atoms with Crippen molar-refractivity contribution in [2.75, 3.05) is 10.5 Å². The standard InChI is InChI=1S/C11H16N2O2S/c1-7-5-8(2)11(6-10(7)12)13-16(14,15)9-3-4-9/h5-6,9,13H,3-4,12H2,1-2H3. The molecule has 1 aromatic rings. The zero-order valence-electron chi connectivity index (χ0n) is 9.45. The second kappa shape index (κ2) is 3.66. The van der Waals surface area contributed by atoms with E-state index in [-0.39, 0.29) is 5.25 Å². The molecule has 1 aliphatic rings. The molecule has 3 N–H and O–H groups in total. The van der Waals surface area contributed by atoms with Crippen molar-refractivity contribution in [1.82, 2.24) is 0 Å². The molecule has 0 saturated heterocycles. The van der Waals surface area contributed by atoms with Gasteiger partial charge in [-0.1, -0.05) is 6.07 Å². The van der Waals surface area contributed by atoms with Crippen LogP contribution >= 0.6 is 0 Å². The van der Waals surface area contributed by atoms with Crippen LogP contribution in [0, 0.1) is 13.8 Å². The number of sulfonamides is 1. The predicted molar refractivity (Wildman–Crippen MR) is 65.9 cm³/mol. The molecule has 0 radical (unpaired) electrons. The van der Waals surface area contributed by atoms with E-state index in [1.54, 1.807) is 6.07 Å². The molecule has 0 heterocycles. The number of nitrogens with one attached hydrogen (secondary N) is 1. The monoisotopic (exact) mass is 240 g/mol. The fourth-order valence-electron chi connectivity index (χ4n) is 1.59. The van der Waals surface area contributed by atoms with Gasteiger partial charge in [-0.3, -0.25) is 4.72 Å². The average molecular weight is 240 g/mol. The Hall–Kier alpha value is -1.23. The minimum atomic E-state index is -3.20. The number of rotatable bonds is 3. The summed E-state index contributed by atoms with van der Waals surface area (Å²) in [7, 11) is -3.20. The van der Waals surface area contributed by atoms with Crippen molar-refractivity contribution in [2.24, 2.45) is 0 Å². The van der Waals surface area contributed by atoms with Crippen LogP contribution < -0.4 is 10.5 Å². The van der Waals surface area contributed by atoms with E-state index < -0.39 is 10.0 Å². The molecule has 88 valence electrons. The highest BCUT2D eigenvalue weighted by atomic mass is 32.2. The molecule has 1 saturated carbocycles. The summed E-state index contributed by atoms with van der Waals surface area (Å²) in [5, 5.41) is -0.213. The van der Waals surface area contributed by atoms with Crippen molar-refractivity contribution in [1.29, 1.82) is 0 Å². The first-order chi connectivity index (χ1) is 7.40. The van der Waals surface area contributed by atoms with Crippen molar-refractivity contribution in [2.45, 2.75) is 31.9 Å². The normalized spacial score (nSPS) is 16.1. The van der Waals surface area contributed by atoms with Crippen LogP contribution in [0.1, 0.15) is 24.0 Å². The third-order valence-corrected chi connectivity index (χ3v) is 4.68. The van der Waals surface area contributed by atoms with Crippen LogP contribution in [-0.2, 0) is 10.0 Å². The van der Waals surface area contributed by atoms with E-state index in [2.05, 4.69) is 4.72 Å². The summed E-state index contributed by atoms with van der Waals surface area (Å²) in [6.45, 7) is 3.78. The van der Waals surface area contributed by atoms with Crippen molar-refractivity contribution in [3.05, 3.63) is 23.3 Å². The maximum Gasteiger partial charge on any atom is 0.235 e. The maximum absolute atomic E-state index is 11.8. The Morgan fingerprint density at radius 2 is 1.88 bits per heavy atom. The van der Waals surface area contributed by atoms with Gasteiger partial charge in [0, 0.05) is 5.69 Å². The molecule has 0 aliphatic heterocycles. The SMILES string of the molecule is Cc1cc(C)c(NS(=O)(=O)C2CC2)cc1N. The van der Waals surface area contributed by atoms with E-state index in [0.29, 0.717) is 11.4 Å². The molecule has 2 rings (SSSR count).